The van der Waals surface area contributed by atoms with Crippen molar-refractivity contribution >= 4 is 0 Å². The maximum absolute atomic E-state index is 6.09. The van der Waals surface area contributed by atoms with Gasteiger partial charge in [0.2, 0.25) is 0 Å². The molecule has 0 aromatic heterocycles. The Hall–Kier alpha value is -0.120. The fraction of sp³-hybridized carbons (Fsp3) is 1.00. The number of rotatable bonds is 4. The summed E-state index contributed by atoms with van der Waals surface area (Å²) in [5, 5.41) is 3.76. The molecule has 1 saturated carbocycles. The van der Waals surface area contributed by atoms with Crippen LogP contribution in [0.5, 0.6) is 0 Å². The first-order valence-corrected chi connectivity index (χ1v) is 8.35. The highest BCUT2D eigenvalue weighted by atomic mass is 16.5. The topological polar surface area (TPSA) is 30.5 Å². The van der Waals surface area contributed by atoms with E-state index in [0.29, 0.717) is 12.1 Å². The molecule has 3 aliphatic rings. The quantitative estimate of drug-likeness (QED) is 0.849. The van der Waals surface area contributed by atoms with Gasteiger partial charge >= 0.3 is 0 Å². The Morgan fingerprint density at radius 2 is 1.89 bits per heavy atom. The lowest BCUT2D eigenvalue weighted by molar-refractivity contribution is -0.0839. The molecule has 110 valence electrons. The van der Waals surface area contributed by atoms with Gasteiger partial charge in [-0.2, -0.15) is 0 Å². The second kappa shape index (κ2) is 6.55. The lowest BCUT2D eigenvalue weighted by Crippen LogP contribution is -2.46. The van der Waals surface area contributed by atoms with Gasteiger partial charge in [0.15, 0.2) is 0 Å². The zero-order valence-electron chi connectivity index (χ0n) is 12.2. The largest absolute Gasteiger partial charge is 0.378 e. The van der Waals surface area contributed by atoms with Crippen molar-refractivity contribution in [3.8, 4) is 0 Å². The molecule has 1 N–H and O–H groups in total. The van der Waals surface area contributed by atoms with Crippen LogP contribution in [0.4, 0.5) is 0 Å². The Kier molecular flexibility index (Phi) is 4.78. The van der Waals surface area contributed by atoms with Crippen LogP contribution in [-0.4, -0.2) is 37.5 Å². The smallest absolute Gasteiger partial charge is 0.0697 e. The van der Waals surface area contributed by atoms with E-state index in [2.05, 4.69) is 5.32 Å². The highest BCUT2D eigenvalue weighted by Crippen LogP contribution is 2.39. The van der Waals surface area contributed by atoms with Gasteiger partial charge in [-0.1, -0.05) is 12.8 Å². The van der Waals surface area contributed by atoms with E-state index >= 15 is 0 Å². The molecule has 19 heavy (non-hydrogen) atoms. The summed E-state index contributed by atoms with van der Waals surface area (Å²) in [6.45, 7) is 3.05. The van der Waals surface area contributed by atoms with Crippen LogP contribution in [0.2, 0.25) is 0 Å². The van der Waals surface area contributed by atoms with Crippen LogP contribution in [0.15, 0.2) is 0 Å². The van der Waals surface area contributed by atoms with E-state index < -0.39 is 0 Å². The van der Waals surface area contributed by atoms with Gasteiger partial charge in [0.05, 0.1) is 11.7 Å². The normalized spacial score (nSPS) is 34.7. The number of nitrogens with one attached hydrogen (secondary N) is 1. The van der Waals surface area contributed by atoms with Crippen LogP contribution in [0.1, 0.15) is 64.2 Å². The zero-order valence-corrected chi connectivity index (χ0v) is 12.2. The molecule has 1 aliphatic carbocycles. The first kappa shape index (κ1) is 13.8. The minimum atomic E-state index is 0.247. The number of ether oxygens (including phenoxy) is 2. The molecular formula is C16H29NO2. The highest BCUT2D eigenvalue weighted by Gasteiger charge is 2.39. The molecule has 0 aromatic carbocycles. The average Bonchev–Trinajstić information content (AvgIpc) is 2.88. The van der Waals surface area contributed by atoms with E-state index in [1.165, 1.54) is 64.2 Å². The predicted molar refractivity (Wildman–Crippen MR) is 76.4 cm³/mol. The van der Waals surface area contributed by atoms with Crippen LogP contribution in [-0.2, 0) is 9.47 Å². The van der Waals surface area contributed by atoms with Crippen molar-refractivity contribution in [1.82, 2.24) is 5.32 Å². The molecule has 3 rings (SSSR count). The van der Waals surface area contributed by atoms with Crippen molar-refractivity contribution < 1.29 is 9.47 Å². The van der Waals surface area contributed by atoms with E-state index in [-0.39, 0.29) is 5.60 Å². The van der Waals surface area contributed by atoms with Crippen LogP contribution in [0, 0.1) is 0 Å². The third-order valence-electron chi connectivity index (χ3n) is 5.18. The minimum absolute atomic E-state index is 0.247. The molecule has 0 bridgehead atoms. The lowest BCUT2D eigenvalue weighted by atomic mass is 9.89. The van der Waals surface area contributed by atoms with Gasteiger partial charge in [-0.05, 0) is 57.9 Å². The first-order chi connectivity index (χ1) is 9.36. The van der Waals surface area contributed by atoms with Crippen molar-refractivity contribution in [2.75, 3.05) is 19.8 Å². The van der Waals surface area contributed by atoms with E-state index in [4.69, 9.17) is 9.47 Å². The second-order valence-electron chi connectivity index (χ2n) is 6.66. The molecule has 0 radical (unpaired) electrons. The maximum Gasteiger partial charge on any atom is 0.0697 e. The lowest BCUT2D eigenvalue weighted by Gasteiger charge is -2.39. The van der Waals surface area contributed by atoms with Crippen molar-refractivity contribution in [3.05, 3.63) is 0 Å². The van der Waals surface area contributed by atoms with Gasteiger partial charge in [-0.25, -0.2) is 0 Å². The Morgan fingerprint density at radius 1 is 1.00 bits per heavy atom. The molecule has 1 spiro atoms. The third-order valence-corrected chi connectivity index (χ3v) is 5.18. The summed E-state index contributed by atoms with van der Waals surface area (Å²) in [6.07, 6.45) is 13.3. The van der Waals surface area contributed by atoms with Gasteiger partial charge in [0, 0.05) is 19.3 Å². The van der Waals surface area contributed by atoms with Crippen molar-refractivity contribution in [2.45, 2.75) is 82.0 Å². The van der Waals surface area contributed by atoms with E-state index in [1.54, 1.807) is 0 Å². The predicted octanol–water partition coefficient (Wildman–Crippen LogP) is 3.03. The molecule has 2 aliphatic heterocycles. The summed E-state index contributed by atoms with van der Waals surface area (Å²) in [4.78, 5) is 0. The minimum Gasteiger partial charge on any atom is -0.378 e. The summed E-state index contributed by atoms with van der Waals surface area (Å²) in [5.74, 6) is 0. The van der Waals surface area contributed by atoms with Gasteiger partial charge in [-0.3, -0.25) is 0 Å². The van der Waals surface area contributed by atoms with Gasteiger partial charge in [-0.15, -0.1) is 0 Å². The first-order valence-electron chi connectivity index (χ1n) is 8.35. The Labute approximate surface area is 117 Å². The fourth-order valence-electron chi connectivity index (χ4n) is 4.05. The monoisotopic (exact) mass is 267 g/mol. The standard InChI is InChI=1S/C16H29NO2/c1-4-11-18-15(5-1)6-10-17-14-7-12-19-16(13-14)8-2-3-9-16/h14-15,17H,1-13H2. The summed E-state index contributed by atoms with van der Waals surface area (Å²) < 4.78 is 11.9. The Balaban J connectivity index is 1.37. The molecule has 2 saturated heterocycles. The summed E-state index contributed by atoms with van der Waals surface area (Å²) in [7, 11) is 0. The number of hydrogen-bond acceptors (Lipinski definition) is 3. The molecule has 0 amide bonds. The van der Waals surface area contributed by atoms with E-state index in [0.717, 1.165) is 19.8 Å². The summed E-state index contributed by atoms with van der Waals surface area (Å²) >= 11 is 0. The molecule has 3 fully saturated rings. The molecular weight excluding hydrogens is 238 g/mol. The van der Waals surface area contributed by atoms with Crippen molar-refractivity contribution in [2.24, 2.45) is 0 Å². The van der Waals surface area contributed by atoms with Crippen LogP contribution in [0.25, 0.3) is 0 Å². The van der Waals surface area contributed by atoms with Crippen molar-refractivity contribution in [3.63, 3.8) is 0 Å². The van der Waals surface area contributed by atoms with Gasteiger partial charge in [0.25, 0.3) is 0 Å². The number of hydrogen-bond donors (Lipinski definition) is 1. The summed E-state index contributed by atoms with van der Waals surface area (Å²) in [6, 6.07) is 0.676. The maximum atomic E-state index is 6.09. The van der Waals surface area contributed by atoms with Gasteiger partial charge in [0.1, 0.15) is 0 Å². The summed E-state index contributed by atoms with van der Waals surface area (Å²) in [5.41, 5.74) is 0.247. The Morgan fingerprint density at radius 3 is 2.68 bits per heavy atom. The van der Waals surface area contributed by atoms with Crippen LogP contribution in [0.3, 0.4) is 0 Å². The highest BCUT2D eigenvalue weighted by molar-refractivity contribution is 4.93. The zero-order chi connectivity index (χ0) is 13.0. The SMILES string of the molecule is C1CCC(CCNC2CCOC3(CCCC3)C2)OC1. The van der Waals surface area contributed by atoms with E-state index in [1.807, 2.05) is 0 Å². The molecule has 3 heteroatoms. The average molecular weight is 267 g/mol. The fourth-order valence-corrected chi connectivity index (χ4v) is 4.05. The molecule has 2 unspecified atom stereocenters. The molecule has 2 heterocycles. The van der Waals surface area contributed by atoms with Gasteiger partial charge < -0.3 is 14.8 Å². The van der Waals surface area contributed by atoms with E-state index in [9.17, 15) is 0 Å². The van der Waals surface area contributed by atoms with Crippen LogP contribution >= 0.6 is 0 Å². The second-order valence-corrected chi connectivity index (χ2v) is 6.66. The third kappa shape index (κ3) is 3.71. The Bertz CT molecular complexity index is 270. The molecule has 0 aromatic rings. The van der Waals surface area contributed by atoms with Crippen LogP contribution < -0.4 is 5.32 Å². The molecule has 3 nitrogen and oxygen atoms in total. The van der Waals surface area contributed by atoms with Crippen molar-refractivity contribution in [1.29, 1.82) is 0 Å². The molecule has 2 atom stereocenters.